The third-order valence-electron chi connectivity index (χ3n) is 3.72. The molecule has 27 heavy (non-hydrogen) atoms. The van der Waals surface area contributed by atoms with Gasteiger partial charge in [0.25, 0.3) is 11.8 Å². The van der Waals surface area contributed by atoms with Crippen molar-refractivity contribution in [2.24, 2.45) is 0 Å². The fraction of sp³-hybridized carbons (Fsp3) is 0.222. The third kappa shape index (κ3) is 4.13. The largest absolute Gasteiger partial charge is 0.573 e. The van der Waals surface area contributed by atoms with Gasteiger partial charge in [-0.25, -0.2) is 0 Å². The zero-order valence-electron chi connectivity index (χ0n) is 14.2. The number of benzene rings is 1. The second-order valence-corrected chi connectivity index (χ2v) is 6.64. The summed E-state index contributed by atoms with van der Waals surface area (Å²) in [4.78, 5) is 27.1. The number of rotatable bonds is 6. The molecule has 0 aliphatic carbocycles. The van der Waals surface area contributed by atoms with Gasteiger partial charge in [0.1, 0.15) is 11.4 Å². The van der Waals surface area contributed by atoms with Crippen LogP contribution < -0.4 is 10.1 Å². The van der Waals surface area contributed by atoms with Crippen LogP contribution >= 0.6 is 11.3 Å². The molecule has 2 aromatic rings. The minimum absolute atomic E-state index is 0.0417. The Morgan fingerprint density at radius 1 is 1.15 bits per heavy atom. The molecule has 1 aliphatic heterocycles. The fourth-order valence-electron chi connectivity index (χ4n) is 2.68. The highest BCUT2D eigenvalue weighted by molar-refractivity contribution is 7.11. The summed E-state index contributed by atoms with van der Waals surface area (Å²) in [5.41, 5.74) is 0.464. The molecular formula is C18H15F3N2O3S. The van der Waals surface area contributed by atoms with Gasteiger partial charge in [0.15, 0.2) is 0 Å². The van der Waals surface area contributed by atoms with Gasteiger partial charge in [0.2, 0.25) is 0 Å². The van der Waals surface area contributed by atoms with E-state index in [-0.39, 0.29) is 23.5 Å². The Bertz CT molecular complexity index is 892. The first-order valence-electron chi connectivity index (χ1n) is 8.07. The van der Waals surface area contributed by atoms with Crippen LogP contribution in [-0.2, 0) is 9.59 Å². The summed E-state index contributed by atoms with van der Waals surface area (Å²) in [5.74, 6) is -1.35. The normalized spacial score (nSPS) is 14.9. The van der Waals surface area contributed by atoms with E-state index in [4.69, 9.17) is 0 Å². The van der Waals surface area contributed by atoms with Crippen LogP contribution in [0.5, 0.6) is 5.75 Å². The van der Waals surface area contributed by atoms with Gasteiger partial charge in [-0.2, -0.15) is 0 Å². The zero-order chi connectivity index (χ0) is 19.6. The number of ether oxygens (including phenoxy) is 1. The number of thiophene rings is 1. The number of amides is 2. The molecule has 0 radical (unpaired) electrons. The molecule has 0 saturated heterocycles. The van der Waals surface area contributed by atoms with E-state index in [1.165, 1.54) is 23.5 Å². The number of carbonyl (C=O) groups excluding carboxylic acids is 2. The Kier molecular flexibility index (Phi) is 5.22. The van der Waals surface area contributed by atoms with E-state index in [2.05, 4.69) is 10.1 Å². The lowest BCUT2D eigenvalue weighted by molar-refractivity contribution is -0.274. The predicted molar refractivity (Wildman–Crippen MR) is 95.0 cm³/mol. The van der Waals surface area contributed by atoms with E-state index >= 15 is 0 Å². The number of imide groups is 1. The molecule has 1 N–H and O–H groups in total. The molecule has 0 saturated carbocycles. The first kappa shape index (κ1) is 19.0. The number of hydrogen-bond acceptors (Lipinski definition) is 5. The van der Waals surface area contributed by atoms with Gasteiger partial charge in [-0.05, 0) is 30.0 Å². The van der Waals surface area contributed by atoms with Crippen molar-refractivity contribution in [1.29, 1.82) is 0 Å². The van der Waals surface area contributed by atoms with Crippen LogP contribution in [0.15, 0.2) is 47.5 Å². The third-order valence-corrected chi connectivity index (χ3v) is 4.61. The molecule has 1 aromatic heterocycles. The molecule has 1 aliphatic rings. The minimum atomic E-state index is -4.82. The van der Waals surface area contributed by atoms with E-state index in [1.54, 1.807) is 17.5 Å². The highest BCUT2D eigenvalue weighted by Crippen LogP contribution is 2.33. The second-order valence-electron chi connectivity index (χ2n) is 5.69. The molecule has 3 rings (SSSR count). The zero-order valence-corrected chi connectivity index (χ0v) is 15.0. The van der Waals surface area contributed by atoms with Crippen molar-refractivity contribution in [3.05, 3.63) is 52.4 Å². The molecule has 0 fully saturated rings. The van der Waals surface area contributed by atoms with Crippen LogP contribution in [-0.4, -0.2) is 29.6 Å². The van der Waals surface area contributed by atoms with Gasteiger partial charge < -0.3 is 10.1 Å². The van der Waals surface area contributed by atoms with Gasteiger partial charge >= 0.3 is 6.36 Å². The number of anilines is 1. The smallest absolute Gasteiger partial charge is 0.406 e. The lowest BCUT2D eigenvalue weighted by Crippen LogP contribution is -2.33. The summed E-state index contributed by atoms with van der Waals surface area (Å²) >= 11 is 1.30. The number of hydrogen-bond donors (Lipinski definition) is 1. The van der Waals surface area contributed by atoms with Crippen LogP contribution in [0.4, 0.5) is 18.9 Å². The summed E-state index contributed by atoms with van der Waals surface area (Å²) < 4.78 is 41.2. The van der Waals surface area contributed by atoms with E-state index in [0.29, 0.717) is 11.3 Å². The SMILES string of the molecule is CCCN1C(=O)C(Nc2cccc(OC(F)(F)F)c2)=C(c2cccs2)C1=O. The van der Waals surface area contributed by atoms with Crippen molar-refractivity contribution in [2.75, 3.05) is 11.9 Å². The summed E-state index contributed by atoms with van der Waals surface area (Å²) in [6.07, 6.45) is -4.23. The molecule has 0 unspecified atom stereocenters. The average molecular weight is 396 g/mol. The van der Waals surface area contributed by atoms with Gasteiger partial charge in [-0.1, -0.05) is 19.1 Å². The number of halogens is 3. The van der Waals surface area contributed by atoms with E-state index in [9.17, 15) is 22.8 Å². The topological polar surface area (TPSA) is 58.6 Å². The average Bonchev–Trinajstić information content (AvgIpc) is 3.17. The molecule has 0 bridgehead atoms. The van der Waals surface area contributed by atoms with Crippen LogP contribution in [0.1, 0.15) is 18.2 Å². The maximum Gasteiger partial charge on any atom is 0.573 e. The van der Waals surface area contributed by atoms with E-state index < -0.39 is 23.9 Å². The maximum absolute atomic E-state index is 12.7. The van der Waals surface area contributed by atoms with Gasteiger partial charge in [-0.15, -0.1) is 24.5 Å². The number of carbonyl (C=O) groups is 2. The van der Waals surface area contributed by atoms with Gasteiger partial charge in [0, 0.05) is 23.2 Å². The van der Waals surface area contributed by atoms with Crippen LogP contribution in [0, 0.1) is 0 Å². The molecule has 2 heterocycles. The summed E-state index contributed by atoms with van der Waals surface area (Å²) in [6.45, 7) is 2.10. The summed E-state index contributed by atoms with van der Waals surface area (Å²) in [7, 11) is 0. The van der Waals surface area contributed by atoms with Crippen LogP contribution in [0.25, 0.3) is 5.57 Å². The van der Waals surface area contributed by atoms with Crippen molar-refractivity contribution < 1.29 is 27.5 Å². The highest BCUT2D eigenvalue weighted by atomic mass is 32.1. The van der Waals surface area contributed by atoms with Crippen LogP contribution in [0.3, 0.4) is 0 Å². The van der Waals surface area contributed by atoms with Crippen molar-refractivity contribution in [1.82, 2.24) is 4.90 Å². The van der Waals surface area contributed by atoms with Crippen molar-refractivity contribution in [3.8, 4) is 5.75 Å². The molecule has 9 heteroatoms. The Balaban J connectivity index is 1.96. The molecule has 0 spiro atoms. The molecule has 2 amide bonds. The Morgan fingerprint density at radius 2 is 1.93 bits per heavy atom. The predicted octanol–water partition coefficient (Wildman–Crippen LogP) is 4.25. The quantitative estimate of drug-likeness (QED) is 0.742. The lowest BCUT2D eigenvalue weighted by atomic mass is 10.2. The van der Waals surface area contributed by atoms with Crippen molar-refractivity contribution >= 4 is 34.4 Å². The second kappa shape index (κ2) is 7.43. The maximum atomic E-state index is 12.7. The number of nitrogens with one attached hydrogen (secondary N) is 1. The Labute approximate surface area is 157 Å². The number of alkyl halides is 3. The molecule has 0 atom stereocenters. The molecular weight excluding hydrogens is 381 g/mol. The van der Waals surface area contributed by atoms with Crippen molar-refractivity contribution in [2.45, 2.75) is 19.7 Å². The Hall–Kier alpha value is -2.81. The molecule has 5 nitrogen and oxygen atoms in total. The van der Waals surface area contributed by atoms with E-state index in [0.717, 1.165) is 17.0 Å². The molecule has 142 valence electrons. The van der Waals surface area contributed by atoms with E-state index in [1.807, 2.05) is 6.92 Å². The fourth-order valence-corrected chi connectivity index (χ4v) is 3.45. The summed E-state index contributed by atoms with van der Waals surface area (Å²) in [5, 5.41) is 4.58. The van der Waals surface area contributed by atoms with Gasteiger partial charge in [-0.3, -0.25) is 14.5 Å². The molecule has 1 aromatic carbocycles. The van der Waals surface area contributed by atoms with Crippen molar-refractivity contribution in [3.63, 3.8) is 0 Å². The first-order chi connectivity index (χ1) is 12.8. The first-order valence-corrected chi connectivity index (χ1v) is 8.95. The Morgan fingerprint density at radius 3 is 2.56 bits per heavy atom. The minimum Gasteiger partial charge on any atom is -0.406 e. The van der Waals surface area contributed by atoms with Gasteiger partial charge in [0.05, 0.1) is 5.57 Å². The summed E-state index contributed by atoms with van der Waals surface area (Å²) in [6, 6.07) is 8.58. The van der Waals surface area contributed by atoms with Crippen LogP contribution in [0.2, 0.25) is 0 Å². The monoisotopic (exact) mass is 396 g/mol. The standard InChI is InChI=1S/C18H15F3N2O3S/c1-2-8-23-16(24)14(13-7-4-9-27-13)15(17(23)25)22-11-5-3-6-12(10-11)26-18(19,20)21/h3-7,9-10,22H,2,8H2,1H3. The highest BCUT2D eigenvalue weighted by Gasteiger charge is 2.39. The number of nitrogens with zero attached hydrogens (tertiary/aromatic N) is 1. The lowest BCUT2D eigenvalue weighted by Gasteiger charge is -2.14.